The van der Waals surface area contributed by atoms with Crippen LogP contribution in [0, 0.1) is 27.7 Å². The lowest BCUT2D eigenvalue weighted by Crippen LogP contribution is -2.09. The van der Waals surface area contributed by atoms with Gasteiger partial charge in [-0.3, -0.25) is 10.2 Å². The van der Waals surface area contributed by atoms with Crippen LogP contribution in [0.1, 0.15) is 33.9 Å². The second-order valence-corrected chi connectivity index (χ2v) is 5.51. The number of hydrogen-bond donors (Lipinski definition) is 6. The molecule has 146 valence electrons. The molecular formula is C16H28N6O4. The molecule has 2 aromatic heterocycles. The van der Waals surface area contributed by atoms with E-state index in [1.165, 1.54) is 11.1 Å². The van der Waals surface area contributed by atoms with Crippen molar-refractivity contribution in [2.24, 2.45) is 11.5 Å². The normalized spacial score (nSPS) is 9.62. The number of hydrogen-bond acceptors (Lipinski definition) is 6. The van der Waals surface area contributed by atoms with Crippen LogP contribution in [0.25, 0.3) is 0 Å². The number of H-pyrrole nitrogens is 2. The number of carbonyl (C=O) groups is 2. The molecule has 0 aliphatic heterocycles. The van der Waals surface area contributed by atoms with Crippen molar-refractivity contribution in [3.8, 4) is 0 Å². The summed E-state index contributed by atoms with van der Waals surface area (Å²) in [7, 11) is 0. The number of aromatic amines is 2. The predicted molar refractivity (Wildman–Crippen MR) is 96.9 cm³/mol. The molecule has 0 saturated carbocycles. The lowest BCUT2D eigenvalue weighted by Gasteiger charge is -1.95. The van der Waals surface area contributed by atoms with Gasteiger partial charge in [-0.05, 0) is 64.8 Å². The van der Waals surface area contributed by atoms with Crippen LogP contribution in [0.5, 0.6) is 0 Å². The molecule has 0 aromatic carbocycles. The number of aromatic nitrogens is 4. The molecule has 0 aliphatic carbocycles. The van der Waals surface area contributed by atoms with Gasteiger partial charge in [-0.15, -0.1) is 0 Å². The molecule has 0 amide bonds. The van der Waals surface area contributed by atoms with E-state index in [4.69, 9.17) is 31.3 Å². The van der Waals surface area contributed by atoms with Crippen molar-refractivity contribution in [1.29, 1.82) is 0 Å². The van der Waals surface area contributed by atoms with Crippen LogP contribution in [0.4, 0.5) is 0 Å². The Labute approximate surface area is 152 Å². The SMILES string of the molecule is Cc1n[nH]c(C)c1CCN.Cc1n[nH]c(C)c1CCN.O=C(O)C(=O)O. The minimum absolute atomic E-state index is 0.696. The van der Waals surface area contributed by atoms with E-state index in [2.05, 4.69) is 20.4 Å². The van der Waals surface area contributed by atoms with Crippen LogP contribution in [0.2, 0.25) is 0 Å². The van der Waals surface area contributed by atoms with Crippen LogP contribution in [0.15, 0.2) is 0 Å². The number of carboxylic acid groups (broad SMARTS) is 2. The highest BCUT2D eigenvalue weighted by Crippen LogP contribution is 2.09. The maximum atomic E-state index is 9.10. The quantitative estimate of drug-likeness (QED) is 0.413. The minimum Gasteiger partial charge on any atom is -0.473 e. The number of nitrogens with zero attached hydrogens (tertiary/aromatic N) is 2. The number of aryl methyl sites for hydroxylation is 4. The lowest BCUT2D eigenvalue weighted by atomic mass is 10.1. The second-order valence-electron chi connectivity index (χ2n) is 5.51. The number of nitrogens with one attached hydrogen (secondary N) is 2. The fourth-order valence-corrected chi connectivity index (χ4v) is 2.17. The van der Waals surface area contributed by atoms with Crippen LogP contribution in [-0.2, 0) is 22.4 Å². The van der Waals surface area contributed by atoms with Crippen molar-refractivity contribution in [2.75, 3.05) is 13.1 Å². The summed E-state index contributed by atoms with van der Waals surface area (Å²) < 4.78 is 0. The maximum absolute atomic E-state index is 9.10. The summed E-state index contributed by atoms with van der Waals surface area (Å²) in [6.07, 6.45) is 1.85. The van der Waals surface area contributed by atoms with Gasteiger partial charge < -0.3 is 21.7 Å². The minimum atomic E-state index is -1.82. The summed E-state index contributed by atoms with van der Waals surface area (Å²) in [5.41, 5.74) is 17.8. The van der Waals surface area contributed by atoms with E-state index in [0.29, 0.717) is 13.1 Å². The summed E-state index contributed by atoms with van der Waals surface area (Å²) in [5, 5.41) is 28.7. The molecule has 2 heterocycles. The van der Waals surface area contributed by atoms with E-state index in [1.807, 2.05) is 27.7 Å². The zero-order chi connectivity index (χ0) is 20.3. The monoisotopic (exact) mass is 368 g/mol. The summed E-state index contributed by atoms with van der Waals surface area (Å²) in [4.78, 5) is 18.2. The molecule has 0 atom stereocenters. The lowest BCUT2D eigenvalue weighted by molar-refractivity contribution is -0.159. The molecule has 26 heavy (non-hydrogen) atoms. The molecule has 0 aliphatic rings. The summed E-state index contributed by atoms with van der Waals surface area (Å²) in [5.74, 6) is -3.65. The third-order valence-corrected chi connectivity index (χ3v) is 3.53. The van der Waals surface area contributed by atoms with Crippen LogP contribution in [-0.4, -0.2) is 55.6 Å². The first kappa shape index (κ1) is 23.3. The van der Waals surface area contributed by atoms with Crippen LogP contribution >= 0.6 is 0 Å². The van der Waals surface area contributed by atoms with E-state index >= 15 is 0 Å². The maximum Gasteiger partial charge on any atom is 0.414 e. The van der Waals surface area contributed by atoms with Crippen molar-refractivity contribution in [2.45, 2.75) is 40.5 Å². The summed E-state index contributed by atoms with van der Waals surface area (Å²) >= 11 is 0. The predicted octanol–water partition coefficient (Wildman–Crippen LogP) is 0.211. The molecule has 2 rings (SSSR count). The van der Waals surface area contributed by atoms with Gasteiger partial charge in [-0.25, -0.2) is 9.59 Å². The van der Waals surface area contributed by atoms with Crippen LogP contribution < -0.4 is 11.5 Å². The van der Waals surface area contributed by atoms with Gasteiger partial charge in [-0.2, -0.15) is 10.2 Å². The Kier molecular flexibility index (Phi) is 10.5. The Morgan fingerprint density at radius 3 is 1.27 bits per heavy atom. The molecular weight excluding hydrogens is 340 g/mol. The van der Waals surface area contributed by atoms with E-state index in [1.54, 1.807) is 0 Å². The van der Waals surface area contributed by atoms with Crippen molar-refractivity contribution in [3.63, 3.8) is 0 Å². The zero-order valence-corrected chi connectivity index (χ0v) is 15.6. The van der Waals surface area contributed by atoms with Gasteiger partial charge in [0.2, 0.25) is 0 Å². The highest BCUT2D eigenvalue weighted by molar-refractivity contribution is 6.27. The molecule has 0 saturated heterocycles. The molecule has 10 nitrogen and oxygen atoms in total. The molecule has 0 fully saturated rings. The number of nitrogens with two attached hydrogens (primary N) is 2. The Morgan fingerprint density at radius 1 is 0.808 bits per heavy atom. The van der Waals surface area contributed by atoms with E-state index < -0.39 is 11.9 Å². The van der Waals surface area contributed by atoms with Gasteiger partial charge in [-0.1, -0.05) is 0 Å². The van der Waals surface area contributed by atoms with Gasteiger partial charge in [0.1, 0.15) is 0 Å². The highest BCUT2D eigenvalue weighted by atomic mass is 16.4. The number of rotatable bonds is 4. The second kappa shape index (κ2) is 11.8. The molecule has 2 aromatic rings. The molecule has 0 bridgehead atoms. The van der Waals surface area contributed by atoms with E-state index in [0.717, 1.165) is 35.6 Å². The smallest absolute Gasteiger partial charge is 0.414 e. The van der Waals surface area contributed by atoms with Crippen molar-refractivity contribution < 1.29 is 19.8 Å². The van der Waals surface area contributed by atoms with Gasteiger partial charge in [0.15, 0.2) is 0 Å². The fourth-order valence-electron chi connectivity index (χ4n) is 2.17. The van der Waals surface area contributed by atoms with Gasteiger partial charge in [0.05, 0.1) is 11.4 Å². The average molecular weight is 368 g/mol. The van der Waals surface area contributed by atoms with Gasteiger partial charge in [0, 0.05) is 11.4 Å². The third kappa shape index (κ3) is 7.90. The van der Waals surface area contributed by atoms with Crippen LogP contribution in [0.3, 0.4) is 0 Å². The Morgan fingerprint density at radius 2 is 1.12 bits per heavy atom. The number of carboxylic acids is 2. The van der Waals surface area contributed by atoms with Crippen molar-refractivity contribution in [3.05, 3.63) is 33.9 Å². The average Bonchev–Trinajstić information content (AvgIpc) is 3.07. The molecule has 0 radical (unpaired) electrons. The first-order chi connectivity index (χ1) is 12.1. The van der Waals surface area contributed by atoms with Crippen molar-refractivity contribution in [1.82, 2.24) is 20.4 Å². The first-order valence-electron chi connectivity index (χ1n) is 8.02. The first-order valence-corrected chi connectivity index (χ1v) is 8.02. The van der Waals surface area contributed by atoms with Crippen molar-refractivity contribution >= 4 is 11.9 Å². The summed E-state index contributed by atoms with van der Waals surface area (Å²) in [6, 6.07) is 0. The van der Waals surface area contributed by atoms with E-state index in [9.17, 15) is 0 Å². The molecule has 10 heteroatoms. The zero-order valence-electron chi connectivity index (χ0n) is 15.6. The van der Waals surface area contributed by atoms with E-state index in [-0.39, 0.29) is 0 Å². The van der Waals surface area contributed by atoms with Gasteiger partial charge in [0.25, 0.3) is 0 Å². The number of aliphatic carboxylic acids is 2. The Hall–Kier alpha value is -2.72. The highest BCUT2D eigenvalue weighted by Gasteiger charge is 2.04. The largest absolute Gasteiger partial charge is 0.473 e. The molecule has 0 spiro atoms. The third-order valence-electron chi connectivity index (χ3n) is 3.53. The Balaban J connectivity index is 0.000000375. The summed E-state index contributed by atoms with van der Waals surface area (Å²) in [6.45, 7) is 9.42. The Bertz CT molecular complexity index is 608. The molecule has 8 N–H and O–H groups in total. The molecule has 0 unspecified atom stereocenters. The topological polar surface area (TPSA) is 184 Å². The fraction of sp³-hybridized carbons (Fsp3) is 0.500. The standard InChI is InChI=1S/2C7H13N3.C2H2O4/c2*1-5-7(3-4-8)6(2)10-9-5;3-1(4)2(5)6/h2*3-4,8H2,1-2H3,(H,9,10);(H,3,4)(H,5,6). The van der Waals surface area contributed by atoms with Gasteiger partial charge >= 0.3 is 11.9 Å².